The number of carbonyl (C=O) groups is 1. The number of nitrogen functional groups attached to an aromatic ring is 1. The molecule has 2 aromatic rings. The van der Waals surface area contributed by atoms with Crippen LogP contribution >= 0.6 is 0 Å². The lowest BCUT2D eigenvalue weighted by Gasteiger charge is -2.09. The zero-order chi connectivity index (χ0) is 15.2. The van der Waals surface area contributed by atoms with Crippen molar-refractivity contribution in [2.45, 2.75) is 13.3 Å². The summed E-state index contributed by atoms with van der Waals surface area (Å²) in [6.07, 6.45) is 2.25. The van der Waals surface area contributed by atoms with E-state index in [4.69, 9.17) is 10.5 Å². The molecule has 0 saturated heterocycles. The molecule has 1 amide bonds. The molecular formula is C14H19N5O2. The van der Waals surface area contributed by atoms with Crippen molar-refractivity contribution >= 4 is 11.6 Å². The zero-order valence-electron chi connectivity index (χ0n) is 12.2. The Labute approximate surface area is 123 Å². The number of hydrogen-bond donors (Lipinski definition) is 2. The summed E-state index contributed by atoms with van der Waals surface area (Å²) in [6.45, 7) is 2.90. The number of nitrogens with two attached hydrogens (primary N) is 1. The smallest absolute Gasteiger partial charge is 0.251 e. The molecule has 0 atom stereocenters. The number of amides is 1. The van der Waals surface area contributed by atoms with Gasteiger partial charge in [0.1, 0.15) is 17.9 Å². The summed E-state index contributed by atoms with van der Waals surface area (Å²) in [5.74, 6) is 1.24. The van der Waals surface area contributed by atoms with Crippen LogP contribution in [0.1, 0.15) is 23.1 Å². The van der Waals surface area contributed by atoms with Crippen molar-refractivity contribution < 1.29 is 9.53 Å². The number of aromatic nitrogens is 3. The van der Waals surface area contributed by atoms with Gasteiger partial charge < -0.3 is 20.4 Å². The van der Waals surface area contributed by atoms with Crippen molar-refractivity contribution in [2.75, 3.05) is 18.9 Å². The highest BCUT2D eigenvalue weighted by Crippen LogP contribution is 2.22. The van der Waals surface area contributed by atoms with Gasteiger partial charge in [0.05, 0.1) is 12.3 Å². The van der Waals surface area contributed by atoms with E-state index in [1.165, 1.54) is 0 Å². The molecule has 1 aromatic carbocycles. The van der Waals surface area contributed by atoms with Crippen molar-refractivity contribution in [3.05, 3.63) is 35.9 Å². The summed E-state index contributed by atoms with van der Waals surface area (Å²) in [5.41, 5.74) is 6.81. The lowest BCUT2D eigenvalue weighted by Crippen LogP contribution is -2.26. The molecule has 0 aliphatic rings. The number of hydrogen-bond acceptors (Lipinski definition) is 5. The second kappa shape index (κ2) is 6.74. The van der Waals surface area contributed by atoms with Gasteiger partial charge in [-0.15, -0.1) is 10.2 Å². The summed E-state index contributed by atoms with van der Waals surface area (Å²) in [5, 5.41) is 10.6. The number of carbonyl (C=O) groups excluding carboxylic acids is 1. The van der Waals surface area contributed by atoms with Gasteiger partial charge in [-0.25, -0.2) is 0 Å². The van der Waals surface area contributed by atoms with Crippen molar-refractivity contribution in [3.8, 4) is 5.75 Å². The van der Waals surface area contributed by atoms with Crippen molar-refractivity contribution in [2.24, 2.45) is 7.05 Å². The molecule has 0 aliphatic carbocycles. The number of benzene rings is 1. The molecular weight excluding hydrogens is 270 g/mol. The monoisotopic (exact) mass is 289 g/mol. The van der Waals surface area contributed by atoms with Gasteiger partial charge in [0.15, 0.2) is 0 Å². The quantitative estimate of drug-likeness (QED) is 0.766. The van der Waals surface area contributed by atoms with Gasteiger partial charge in [0.2, 0.25) is 0 Å². The molecule has 21 heavy (non-hydrogen) atoms. The molecule has 0 saturated carbocycles. The summed E-state index contributed by atoms with van der Waals surface area (Å²) >= 11 is 0. The Balaban J connectivity index is 1.91. The molecule has 0 spiro atoms. The third kappa shape index (κ3) is 3.71. The van der Waals surface area contributed by atoms with E-state index in [1.54, 1.807) is 24.5 Å². The van der Waals surface area contributed by atoms with E-state index in [0.717, 1.165) is 5.82 Å². The van der Waals surface area contributed by atoms with E-state index in [-0.39, 0.29) is 5.91 Å². The first-order chi connectivity index (χ1) is 10.1. The zero-order valence-corrected chi connectivity index (χ0v) is 12.2. The van der Waals surface area contributed by atoms with Gasteiger partial charge in [-0.2, -0.15) is 0 Å². The van der Waals surface area contributed by atoms with E-state index in [9.17, 15) is 4.79 Å². The van der Waals surface area contributed by atoms with Gasteiger partial charge in [-0.05, 0) is 25.1 Å². The van der Waals surface area contributed by atoms with Crippen LogP contribution in [0.3, 0.4) is 0 Å². The van der Waals surface area contributed by atoms with E-state index in [1.807, 2.05) is 18.5 Å². The molecule has 2 rings (SSSR count). The van der Waals surface area contributed by atoms with Crippen LogP contribution in [0.2, 0.25) is 0 Å². The fraction of sp³-hybridized carbons (Fsp3) is 0.357. The van der Waals surface area contributed by atoms with E-state index in [2.05, 4.69) is 15.5 Å². The molecule has 0 bridgehead atoms. The van der Waals surface area contributed by atoms with Crippen LogP contribution in [0.15, 0.2) is 24.5 Å². The molecule has 3 N–H and O–H groups in total. The van der Waals surface area contributed by atoms with Gasteiger partial charge in [-0.3, -0.25) is 4.79 Å². The van der Waals surface area contributed by atoms with Gasteiger partial charge >= 0.3 is 0 Å². The topological polar surface area (TPSA) is 95.1 Å². The van der Waals surface area contributed by atoms with Crippen LogP contribution in [0, 0.1) is 0 Å². The standard InChI is InChI=1S/C14H19N5O2/c1-3-21-12-5-4-10(8-11(12)15)14(20)16-7-6-13-18-17-9-19(13)2/h4-5,8-9H,3,6-7,15H2,1-2H3,(H,16,20). The van der Waals surface area contributed by atoms with Crippen LogP contribution in [0.25, 0.3) is 0 Å². The molecule has 7 heteroatoms. The third-order valence-electron chi connectivity index (χ3n) is 3.01. The molecule has 1 heterocycles. The highest BCUT2D eigenvalue weighted by molar-refractivity contribution is 5.95. The number of aryl methyl sites for hydroxylation is 1. The first kappa shape index (κ1) is 14.8. The highest BCUT2D eigenvalue weighted by atomic mass is 16.5. The van der Waals surface area contributed by atoms with Crippen LogP contribution in [0.5, 0.6) is 5.75 Å². The predicted octanol–water partition coefficient (Wildman–Crippen LogP) is 0.768. The third-order valence-corrected chi connectivity index (χ3v) is 3.01. The average Bonchev–Trinajstić information content (AvgIpc) is 2.87. The minimum absolute atomic E-state index is 0.174. The van der Waals surface area contributed by atoms with E-state index < -0.39 is 0 Å². The first-order valence-corrected chi connectivity index (χ1v) is 6.75. The normalized spacial score (nSPS) is 10.4. The Morgan fingerprint density at radius 2 is 2.29 bits per heavy atom. The lowest BCUT2D eigenvalue weighted by molar-refractivity contribution is 0.0954. The van der Waals surface area contributed by atoms with Crippen LogP contribution in [-0.2, 0) is 13.5 Å². The number of nitrogens with zero attached hydrogens (tertiary/aromatic N) is 3. The second-order valence-corrected chi connectivity index (χ2v) is 4.55. The maximum absolute atomic E-state index is 12.0. The fourth-order valence-electron chi connectivity index (χ4n) is 1.90. The maximum Gasteiger partial charge on any atom is 0.251 e. The molecule has 1 aromatic heterocycles. The molecule has 0 unspecified atom stereocenters. The maximum atomic E-state index is 12.0. The largest absolute Gasteiger partial charge is 0.492 e. The van der Waals surface area contributed by atoms with Gasteiger partial charge in [0, 0.05) is 25.6 Å². The van der Waals surface area contributed by atoms with E-state index >= 15 is 0 Å². The first-order valence-electron chi connectivity index (χ1n) is 6.75. The molecule has 0 fully saturated rings. The van der Waals surface area contributed by atoms with Crippen LogP contribution in [0.4, 0.5) is 5.69 Å². The highest BCUT2D eigenvalue weighted by Gasteiger charge is 2.09. The van der Waals surface area contributed by atoms with Crippen molar-refractivity contribution in [1.29, 1.82) is 0 Å². The number of ether oxygens (including phenoxy) is 1. The minimum Gasteiger partial charge on any atom is -0.492 e. The second-order valence-electron chi connectivity index (χ2n) is 4.55. The molecule has 112 valence electrons. The molecule has 7 nitrogen and oxygen atoms in total. The lowest BCUT2D eigenvalue weighted by atomic mass is 10.1. The summed E-state index contributed by atoms with van der Waals surface area (Å²) in [6, 6.07) is 5.01. The van der Waals surface area contributed by atoms with Crippen LogP contribution < -0.4 is 15.8 Å². The van der Waals surface area contributed by atoms with Gasteiger partial charge in [0.25, 0.3) is 5.91 Å². The minimum atomic E-state index is -0.174. The number of anilines is 1. The predicted molar refractivity (Wildman–Crippen MR) is 79.1 cm³/mol. The van der Waals surface area contributed by atoms with Crippen molar-refractivity contribution in [3.63, 3.8) is 0 Å². The van der Waals surface area contributed by atoms with Crippen LogP contribution in [-0.4, -0.2) is 33.8 Å². The summed E-state index contributed by atoms with van der Waals surface area (Å²) in [7, 11) is 1.87. The fourth-order valence-corrected chi connectivity index (χ4v) is 1.90. The Kier molecular flexibility index (Phi) is 4.76. The SMILES string of the molecule is CCOc1ccc(C(=O)NCCc2nncn2C)cc1N. The number of rotatable bonds is 6. The van der Waals surface area contributed by atoms with Crippen molar-refractivity contribution in [1.82, 2.24) is 20.1 Å². The molecule has 0 aliphatic heterocycles. The van der Waals surface area contributed by atoms with E-state index in [0.29, 0.717) is 36.6 Å². The molecule has 0 radical (unpaired) electrons. The number of nitrogens with one attached hydrogen (secondary N) is 1. The Morgan fingerprint density at radius 3 is 2.90 bits per heavy atom. The van der Waals surface area contributed by atoms with Gasteiger partial charge in [-0.1, -0.05) is 0 Å². The Morgan fingerprint density at radius 1 is 1.48 bits per heavy atom. The Bertz CT molecular complexity index is 624. The Hall–Kier alpha value is -2.57. The average molecular weight is 289 g/mol. The summed E-state index contributed by atoms with van der Waals surface area (Å²) < 4.78 is 7.16. The summed E-state index contributed by atoms with van der Waals surface area (Å²) in [4.78, 5) is 12.0.